The number of ether oxygens (including phenoxy) is 1. The average Bonchev–Trinajstić information content (AvgIpc) is 3.53. The number of aryl methyl sites for hydroxylation is 1. The number of nitrogens with zero attached hydrogens (tertiary/aromatic N) is 5. The van der Waals surface area contributed by atoms with Crippen LogP contribution in [0, 0.1) is 6.92 Å². The van der Waals surface area contributed by atoms with Crippen molar-refractivity contribution in [1.29, 1.82) is 0 Å². The van der Waals surface area contributed by atoms with E-state index in [2.05, 4.69) is 30.7 Å². The Kier molecular flexibility index (Phi) is 6.56. The van der Waals surface area contributed by atoms with Crippen LogP contribution in [-0.4, -0.2) is 60.7 Å². The molecular weight excluding hydrogens is 506 g/mol. The lowest BCUT2D eigenvalue weighted by Crippen LogP contribution is -2.33. The van der Waals surface area contributed by atoms with Crippen LogP contribution in [0.5, 0.6) is 5.75 Å². The zero-order valence-corrected chi connectivity index (χ0v) is 20.9. The van der Waals surface area contributed by atoms with Crippen LogP contribution in [-0.2, 0) is 0 Å². The third-order valence-corrected chi connectivity index (χ3v) is 6.91. The van der Waals surface area contributed by atoms with E-state index in [-0.39, 0.29) is 28.9 Å². The van der Waals surface area contributed by atoms with E-state index in [0.29, 0.717) is 51.1 Å². The van der Waals surface area contributed by atoms with Gasteiger partial charge in [-0.25, -0.2) is 14.5 Å². The largest absolute Gasteiger partial charge is 0.494 e. The Labute approximate surface area is 214 Å². The van der Waals surface area contributed by atoms with Crippen LogP contribution >= 0.6 is 22.9 Å². The normalized spacial score (nSPS) is 17.3. The highest BCUT2D eigenvalue weighted by Crippen LogP contribution is 2.34. The van der Waals surface area contributed by atoms with E-state index in [1.165, 1.54) is 30.2 Å². The Balaban J connectivity index is 1.36. The first-order valence-electron chi connectivity index (χ1n) is 11.1. The van der Waals surface area contributed by atoms with Gasteiger partial charge in [0.2, 0.25) is 10.1 Å². The summed E-state index contributed by atoms with van der Waals surface area (Å²) < 4.78 is 6.86. The van der Waals surface area contributed by atoms with Crippen molar-refractivity contribution in [2.24, 2.45) is 0 Å². The Morgan fingerprint density at radius 1 is 1.19 bits per heavy atom. The summed E-state index contributed by atoms with van der Waals surface area (Å²) in [4.78, 5) is 38.8. The molecule has 4 aromatic heterocycles. The number of aromatic nitrogens is 5. The molecule has 1 saturated carbocycles. The maximum absolute atomic E-state index is 13.2. The van der Waals surface area contributed by atoms with Gasteiger partial charge in [0.15, 0.2) is 0 Å². The molecule has 4 heterocycles. The van der Waals surface area contributed by atoms with Crippen molar-refractivity contribution in [3.63, 3.8) is 0 Å². The Morgan fingerprint density at radius 2 is 2.03 bits per heavy atom. The number of nitrogens with one attached hydrogen (secondary N) is 2. The average molecular weight is 528 g/mol. The molecule has 0 aliphatic heterocycles. The van der Waals surface area contributed by atoms with E-state index < -0.39 is 5.91 Å². The van der Waals surface area contributed by atoms with Gasteiger partial charge in [0.05, 0.1) is 31.2 Å². The highest BCUT2D eigenvalue weighted by Gasteiger charge is 2.26. The molecule has 1 fully saturated rings. The molecule has 0 unspecified atom stereocenters. The van der Waals surface area contributed by atoms with E-state index >= 15 is 0 Å². The fraction of sp³-hybridized carbons (Fsp3) is 0.304. The molecule has 1 aliphatic rings. The molecule has 11 nitrogen and oxygen atoms in total. The standard InChI is InChI=1S/C23H22ClN7O4S/c1-11-5-14(15-7-19(24)26-9-18(15)35-2)16(8-25-11)20(33)29-22-30-31-10-17(28-23(31)36-22)21(34)27-12-3-4-13(32)6-12/h5,7-10,12-13,32H,3-4,6H2,1-2H3,(H,27,34)(H,29,30,33)/t12-,13-/m1/s1. The molecule has 186 valence electrons. The van der Waals surface area contributed by atoms with Gasteiger partial charge in [-0.1, -0.05) is 22.9 Å². The SMILES string of the molecule is COc1cnc(Cl)cc1-c1cc(C)ncc1C(=O)Nc1nn2cc(C(=O)N[C@@H]3CC[C@@H](O)C3)nc2s1. The van der Waals surface area contributed by atoms with Gasteiger partial charge in [-0.3, -0.25) is 19.9 Å². The molecule has 0 aromatic carbocycles. The molecule has 0 bridgehead atoms. The van der Waals surface area contributed by atoms with Crippen LogP contribution in [0.1, 0.15) is 45.8 Å². The van der Waals surface area contributed by atoms with Crippen LogP contribution in [0.2, 0.25) is 5.15 Å². The van der Waals surface area contributed by atoms with Crippen LogP contribution < -0.4 is 15.4 Å². The third-order valence-electron chi connectivity index (χ3n) is 5.87. The van der Waals surface area contributed by atoms with Crippen molar-refractivity contribution in [2.45, 2.75) is 38.3 Å². The zero-order chi connectivity index (χ0) is 25.4. The van der Waals surface area contributed by atoms with Crippen molar-refractivity contribution in [3.8, 4) is 16.9 Å². The number of carbonyl (C=O) groups excluding carboxylic acids is 2. The molecule has 0 saturated heterocycles. The van der Waals surface area contributed by atoms with E-state index in [9.17, 15) is 14.7 Å². The summed E-state index contributed by atoms with van der Waals surface area (Å²) in [5, 5.41) is 20.2. The van der Waals surface area contributed by atoms with E-state index in [4.69, 9.17) is 16.3 Å². The molecule has 1 aliphatic carbocycles. The number of aliphatic hydroxyl groups is 1. The number of amides is 2. The first-order valence-corrected chi connectivity index (χ1v) is 12.3. The second-order valence-electron chi connectivity index (χ2n) is 8.43. The number of fused-ring (bicyclic) bond motifs is 1. The van der Waals surface area contributed by atoms with Crippen LogP contribution in [0.25, 0.3) is 16.1 Å². The van der Waals surface area contributed by atoms with Gasteiger partial charge in [-0.2, -0.15) is 0 Å². The molecule has 3 N–H and O–H groups in total. The van der Waals surface area contributed by atoms with Crippen molar-refractivity contribution < 1.29 is 19.4 Å². The second kappa shape index (κ2) is 9.80. The second-order valence-corrected chi connectivity index (χ2v) is 9.77. The van der Waals surface area contributed by atoms with E-state index in [1.807, 2.05) is 6.92 Å². The van der Waals surface area contributed by atoms with E-state index in [1.54, 1.807) is 12.1 Å². The van der Waals surface area contributed by atoms with E-state index in [0.717, 1.165) is 17.8 Å². The number of methoxy groups -OCH3 is 1. The summed E-state index contributed by atoms with van der Waals surface area (Å²) in [5.41, 5.74) is 2.42. The molecule has 0 spiro atoms. The molecule has 13 heteroatoms. The molecule has 36 heavy (non-hydrogen) atoms. The number of aliphatic hydroxyl groups excluding tert-OH is 1. The van der Waals surface area contributed by atoms with Gasteiger partial charge < -0.3 is 15.2 Å². The first-order chi connectivity index (χ1) is 17.3. The van der Waals surface area contributed by atoms with Gasteiger partial charge >= 0.3 is 0 Å². The number of pyridine rings is 2. The molecular formula is C23H22ClN7O4S. The van der Waals surface area contributed by atoms with Gasteiger partial charge in [-0.15, -0.1) is 5.10 Å². The highest BCUT2D eigenvalue weighted by atomic mass is 35.5. The maximum atomic E-state index is 13.2. The monoisotopic (exact) mass is 527 g/mol. The summed E-state index contributed by atoms with van der Waals surface area (Å²) in [6.07, 6.45) is 6.04. The van der Waals surface area contributed by atoms with Crippen molar-refractivity contribution in [1.82, 2.24) is 29.9 Å². The highest BCUT2D eigenvalue weighted by molar-refractivity contribution is 7.20. The lowest BCUT2D eigenvalue weighted by molar-refractivity contribution is 0.0928. The van der Waals surface area contributed by atoms with Crippen molar-refractivity contribution in [2.75, 3.05) is 12.4 Å². The summed E-state index contributed by atoms with van der Waals surface area (Å²) >= 11 is 7.24. The van der Waals surface area contributed by atoms with Gasteiger partial charge in [-0.05, 0) is 38.3 Å². The van der Waals surface area contributed by atoms with Gasteiger partial charge in [0.25, 0.3) is 11.8 Å². The molecule has 2 atom stereocenters. The summed E-state index contributed by atoms with van der Waals surface area (Å²) in [6.45, 7) is 1.82. The van der Waals surface area contributed by atoms with Gasteiger partial charge in [0.1, 0.15) is 16.6 Å². The Morgan fingerprint density at radius 3 is 2.75 bits per heavy atom. The summed E-state index contributed by atoms with van der Waals surface area (Å²) in [6, 6.07) is 3.33. The number of imidazole rings is 1. The predicted molar refractivity (Wildman–Crippen MR) is 134 cm³/mol. The lowest BCUT2D eigenvalue weighted by atomic mass is 10.0. The fourth-order valence-electron chi connectivity index (χ4n) is 4.13. The smallest absolute Gasteiger partial charge is 0.271 e. The minimum Gasteiger partial charge on any atom is -0.494 e. The number of hydrogen-bond donors (Lipinski definition) is 3. The number of hydrogen-bond acceptors (Lipinski definition) is 9. The van der Waals surface area contributed by atoms with Crippen molar-refractivity contribution in [3.05, 3.63) is 52.8 Å². The first kappa shape index (κ1) is 24.1. The lowest BCUT2D eigenvalue weighted by Gasteiger charge is -2.13. The van der Waals surface area contributed by atoms with Crippen molar-refractivity contribution >= 4 is 44.8 Å². The van der Waals surface area contributed by atoms with Crippen LogP contribution in [0.4, 0.5) is 5.13 Å². The fourth-order valence-corrected chi connectivity index (χ4v) is 5.06. The number of rotatable bonds is 6. The number of anilines is 1. The predicted octanol–water partition coefficient (Wildman–Crippen LogP) is 3.11. The molecule has 4 aromatic rings. The van der Waals surface area contributed by atoms with Crippen LogP contribution in [0.15, 0.2) is 30.7 Å². The minimum atomic E-state index is -0.428. The Bertz CT molecular complexity index is 1440. The molecule has 0 radical (unpaired) electrons. The molecule has 2 amide bonds. The summed E-state index contributed by atoms with van der Waals surface area (Å²) in [7, 11) is 1.51. The third kappa shape index (κ3) is 4.87. The minimum absolute atomic E-state index is 0.0683. The molecule has 5 rings (SSSR count). The zero-order valence-electron chi connectivity index (χ0n) is 19.4. The topological polar surface area (TPSA) is 144 Å². The summed E-state index contributed by atoms with van der Waals surface area (Å²) in [5.74, 6) is -0.287. The maximum Gasteiger partial charge on any atom is 0.271 e. The Hall–Kier alpha value is -3.61. The number of carbonyl (C=O) groups is 2. The van der Waals surface area contributed by atoms with Crippen LogP contribution in [0.3, 0.4) is 0 Å². The van der Waals surface area contributed by atoms with Gasteiger partial charge in [0, 0.05) is 29.1 Å². The number of halogens is 1. The quantitative estimate of drug-likeness (QED) is 0.324.